The van der Waals surface area contributed by atoms with Crippen LogP contribution in [0.25, 0.3) is 0 Å². The van der Waals surface area contributed by atoms with Crippen molar-refractivity contribution in [2.24, 2.45) is 5.73 Å². The quantitative estimate of drug-likeness (QED) is 0.646. The van der Waals surface area contributed by atoms with E-state index in [-0.39, 0.29) is 11.4 Å². The highest BCUT2D eigenvalue weighted by Crippen LogP contribution is 2.17. The van der Waals surface area contributed by atoms with Crippen LogP contribution in [0.2, 0.25) is 5.02 Å². The summed E-state index contributed by atoms with van der Waals surface area (Å²) >= 11 is 5.76. The summed E-state index contributed by atoms with van der Waals surface area (Å²) in [5, 5.41) is 11.9. The van der Waals surface area contributed by atoms with Crippen LogP contribution < -0.4 is 16.4 Å². The Morgan fingerprint density at radius 2 is 1.88 bits per heavy atom. The molecular weight excluding hydrogens is 334 g/mol. The van der Waals surface area contributed by atoms with Crippen LogP contribution in [0.3, 0.4) is 0 Å². The molecule has 8 nitrogen and oxygen atoms in total. The zero-order chi connectivity index (χ0) is 17.9. The number of nitrogens with two attached hydrogens (primary N) is 1. The summed E-state index contributed by atoms with van der Waals surface area (Å²) in [6, 6.07) is 5.41. The number of primary amides is 1. The molecule has 1 heterocycles. The van der Waals surface area contributed by atoms with E-state index < -0.39 is 23.8 Å². The first-order valence-corrected chi connectivity index (χ1v) is 7.39. The number of carbonyl (C=O) groups is 3. The molecule has 9 heteroatoms. The van der Waals surface area contributed by atoms with Gasteiger partial charge >= 0.3 is 0 Å². The highest BCUT2D eigenvalue weighted by Gasteiger charge is 2.21. The molecule has 1 atom stereocenters. The lowest BCUT2D eigenvalue weighted by atomic mass is 10.2. The zero-order valence-corrected chi connectivity index (χ0v) is 13.8. The summed E-state index contributed by atoms with van der Waals surface area (Å²) in [5.74, 6) is -1.70. The Kier molecular flexibility index (Phi) is 5.20. The molecular formula is C15H16ClN5O3. The molecule has 0 saturated carbocycles. The van der Waals surface area contributed by atoms with Crippen molar-refractivity contribution in [3.63, 3.8) is 0 Å². The van der Waals surface area contributed by atoms with E-state index in [0.29, 0.717) is 16.3 Å². The molecule has 0 unspecified atom stereocenters. The van der Waals surface area contributed by atoms with E-state index in [1.807, 2.05) is 0 Å². The average Bonchev–Trinajstić information content (AvgIpc) is 2.89. The number of benzene rings is 1. The van der Waals surface area contributed by atoms with Crippen molar-refractivity contribution in [3.8, 4) is 0 Å². The van der Waals surface area contributed by atoms with E-state index in [0.717, 1.165) is 0 Å². The van der Waals surface area contributed by atoms with Gasteiger partial charge in [0.05, 0.1) is 11.4 Å². The van der Waals surface area contributed by atoms with Gasteiger partial charge in [0.15, 0.2) is 5.69 Å². The first kappa shape index (κ1) is 17.5. The molecule has 3 amide bonds. The van der Waals surface area contributed by atoms with Gasteiger partial charge < -0.3 is 16.4 Å². The van der Waals surface area contributed by atoms with E-state index in [1.54, 1.807) is 31.2 Å². The number of rotatable bonds is 5. The number of nitrogens with one attached hydrogen (secondary N) is 3. The zero-order valence-electron chi connectivity index (χ0n) is 13.0. The van der Waals surface area contributed by atoms with E-state index in [4.69, 9.17) is 17.3 Å². The van der Waals surface area contributed by atoms with Crippen molar-refractivity contribution in [3.05, 3.63) is 46.2 Å². The monoisotopic (exact) mass is 349 g/mol. The fourth-order valence-electron chi connectivity index (χ4n) is 1.94. The van der Waals surface area contributed by atoms with E-state index >= 15 is 0 Å². The van der Waals surface area contributed by atoms with Crippen molar-refractivity contribution in [1.29, 1.82) is 0 Å². The van der Waals surface area contributed by atoms with Gasteiger partial charge in [0, 0.05) is 10.6 Å². The van der Waals surface area contributed by atoms with Gasteiger partial charge in [-0.25, -0.2) is 0 Å². The smallest absolute Gasteiger partial charge is 0.271 e. The van der Waals surface area contributed by atoms with Crippen LogP contribution in [-0.4, -0.2) is 34.0 Å². The molecule has 0 aliphatic heterocycles. The third kappa shape index (κ3) is 3.90. The Labute approximate surface area is 142 Å². The lowest BCUT2D eigenvalue weighted by molar-refractivity contribution is -0.117. The Bertz CT molecular complexity index is 785. The maximum absolute atomic E-state index is 12.2. The van der Waals surface area contributed by atoms with Crippen LogP contribution in [0.15, 0.2) is 24.3 Å². The number of H-pyrrole nitrogens is 1. The van der Waals surface area contributed by atoms with Gasteiger partial charge in [-0.2, -0.15) is 5.10 Å². The predicted molar refractivity (Wildman–Crippen MR) is 88.9 cm³/mol. The number of anilines is 1. The highest BCUT2D eigenvalue weighted by atomic mass is 35.5. The van der Waals surface area contributed by atoms with Gasteiger partial charge in [0.2, 0.25) is 5.91 Å². The molecule has 2 rings (SSSR count). The number of aromatic amines is 1. The average molecular weight is 350 g/mol. The van der Waals surface area contributed by atoms with Crippen molar-refractivity contribution in [1.82, 2.24) is 15.5 Å². The largest absolute Gasteiger partial charge is 0.364 e. The van der Waals surface area contributed by atoms with Crippen LogP contribution in [0.4, 0.5) is 5.69 Å². The summed E-state index contributed by atoms with van der Waals surface area (Å²) in [7, 11) is 0. The lowest BCUT2D eigenvalue weighted by Gasteiger charge is -2.14. The predicted octanol–water partition coefficient (Wildman–Crippen LogP) is 1.23. The molecule has 126 valence electrons. The number of hydrogen-bond acceptors (Lipinski definition) is 4. The van der Waals surface area contributed by atoms with E-state index in [2.05, 4.69) is 20.8 Å². The number of aryl methyl sites for hydroxylation is 1. The normalized spacial score (nSPS) is 11.6. The molecule has 1 aromatic heterocycles. The maximum Gasteiger partial charge on any atom is 0.271 e. The fraction of sp³-hybridized carbons (Fsp3) is 0.200. The summed E-state index contributed by atoms with van der Waals surface area (Å²) < 4.78 is 0. The topological polar surface area (TPSA) is 130 Å². The van der Waals surface area contributed by atoms with Gasteiger partial charge in [-0.05, 0) is 38.1 Å². The number of halogens is 1. The molecule has 0 spiro atoms. The van der Waals surface area contributed by atoms with E-state index in [9.17, 15) is 14.4 Å². The second-order valence-electron chi connectivity index (χ2n) is 5.13. The van der Waals surface area contributed by atoms with Crippen molar-refractivity contribution in [2.75, 3.05) is 5.32 Å². The Morgan fingerprint density at radius 3 is 2.46 bits per heavy atom. The van der Waals surface area contributed by atoms with Crippen LogP contribution in [-0.2, 0) is 4.79 Å². The van der Waals surface area contributed by atoms with Gasteiger partial charge in [-0.15, -0.1) is 0 Å². The molecule has 0 aliphatic carbocycles. The maximum atomic E-state index is 12.2. The molecule has 1 aromatic carbocycles. The SMILES string of the molecule is Cc1[nH]nc(C(N)=O)c1NC(=O)[C@H](C)NC(=O)c1ccc(Cl)cc1. The molecule has 2 aromatic rings. The van der Waals surface area contributed by atoms with Crippen molar-refractivity contribution in [2.45, 2.75) is 19.9 Å². The number of amides is 3. The number of carbonyl (C=O) groups excluding carboxylic acids is 3. The fourth-order valence-corrected chi connectivity index (χ4v) is 2.06. The summed E-state index contributed by atoms with van der Waals surface area (Å²) in [5.41, 5.74) is 6.17. The van der Waals surface area contributed by atoms with Gasteiger partial charge in [-0.1, -0.05) is 11.6 Å². The third-order valence-electron chi connectivity index (χ3n) is 3.28. The summed E-state index contributed by atoms with van der Waals surface area (Å²) in [4.78, 5) is 35.6. The van der Waals surface area contributed by atoms with E-state index in [1.165, 1.54) is 6.92 Å². The van der Waals surface area contributed by atoms with Gasteiger partial charge in [-0.3, -0.25) is 19.5 Å². The van der Waals surface area contributed by atoms with Crippen molar-refractivity contribution < 1.29 is 14.4 Å². The number of aromatic nitrogens is 2. The van der Waals surface area contributed by atoms with Crippen LogP contribution >= 0.6 is 11.6 Å². The molecule has 0 radical (unpaired) electrons. The highest BCUT2D eigenvalue weighted by molar-refractivity contribution is 6.30. The van der Waals surface area contributed by atoms with Crippen molar-refractivity contribution >= 4 is 35.0 Å². The first-order valence-electron chi connectivity index (χ1n) is 7.01. The Morgan fingerprint density at radius 1 is 1.25 bits per heavy atom. The molecule has 24 heavy (non-hydrogen) atoms. The molecule has 0 saturated heterocycles. The minimum atomic E-state index is -0.844. The molecule has 0 aliphatic rings. The van der Waals surface area contributed by atoms with Crippen LogP contribution in [0.5, 0.6) is 0 Å². The lowest BCUT2D eigenvalue weighted by Crippen LogP contribution is -2.41. The van der Waals surface area contributed by atoms with Gasteiger partial charge in [0.1, 0.15) is 6.04 Å². The second kappa shape index (κ2) is 7.14. The Balaban J connectivity index is 2.05. The standard InChI is InChI=1S/C15H16ClN5O3/c1-7-11(12(13(17)22)21-20-7)19-14(23)8(2)18-15(24)9-3-5-10(16)6-4-9/h3-6,8H,1-2H3,(H2,17,22)(H,18,24)(H,19,23)(H,20,21)/t8-/m0/s1. The van der Waals surface area contributed by atoms with Crippen LogP contribution in [0, 0.1) is 6.92 Å². The van der Waals surface area contributed by atoms with Gasteiger partial charge in [0.25, 0.3) is 11.8 Å². The minimum Gasteiger partial charge on any atom is -0.364 e. The first-order chi connectivity index (χ1) is 11.3. The third-order valence-corrected chi connectivity index (χ3v) is 3.53. The molecule has 5 N–H and O–H groups in total. The minimum absolute atomic E-state index is 0.0722. The number of hydrogen-bond donors (Lipinski definition) is 4. The molecule has 0 bridgehead atoms. The second-order valence-corrected chi connectivity index (χ2v) is 5.56. The summed E-state index contributed by atoms with van der Waals surface area (Å²) in [6.45, 7) is 3.15. The number of nitrogens with zero attached hydrogens (tertiary/aromatic N) is 1. The summed E-state index contributed by atoms with van der Waals surface area (Å²) in [6.07, 6.45) is 0. The molecule has 0 fully saturated rings. The Hall–Kier alpha value is -2.87. The van der Waals surface area contributed by atoms with Crippen LogP contribution in [0.1, 0.15) is 33.5 Å².